The van der Waals surface area contributed by atoms with E-state index in [9.17, 15) is 14.0 Å². The Balaban J connectivity index is 1.48. The van der Waals surface area contributed by atoms with Crippen LogP contribution in [-0.4, -0.2) is 45.3 Å². The molecule has 2 amide bonds. The second-order valence-electron chi connectivity index (χ2n) is 10.7. The maximum Gasteiger partial charge on any atom is 0.254 e. The van der Waals surface area contributed by atoms with Gasteiger partial charge in [-0.05, 0) is 80.1 Å². The fourth-order valence-corrected chi connectivity index (χ4v) is 5.48. The monoisotopic (exact) mass is 531 g/mol. The Bertz CT molecular complexity index is 1200. The molecule has 0 unspecified atom stereocenters. The molecule has 1 aromatic heterocycles. The first-order chi connectivity index (χ1) is 19.0. The Morgan fingerprint density at radius 1 is 0.923 bits per heavy atom. The number of halogens is 1. The quantitative estimate of drug-likeness (QED) is 0.257. The van der Waals surface area contributed by atoms with E-state index in [2.05, 4.69) is 17.6 Å². The fraction of sp³-hybridized carbons (Fsp3) is 0.455. The lowest BCUT2D eigenvalue weighted by Gasteiger charge is -2.36. The molecule has 4 rings (SSSR count). The van der Waals surface area contributed by atoms with E-state index >= 15 is 0 Å². The van der Waals surface area contributed by atoms with Crippen molar-refractivity contribution in [1.29, 1.82) is 0 Å². The number of aromatic nitrogens is 1. The van der Waals surface area contributed by atoms with E-state index in [1.54, 1.807) is 17.0 Å². The van der Waals surface area contributed by atoms with E-state index in [-0.39, 0.29) is 30.2 Å². The van der Waals surface area contributed by atoms with Gasteiger partial charge in [0.25, 0.3) is 5.91 Å². The summed E-state index contributed by atoms with van der Waals surface area (Å²) in [6.45, 7) is 5.76. The number of likely N-dealkylation sites (N-methyl/N-ethyl adjacent to an activating group) is 1. The van der Waals surface area contributed by atoms with Gasteiger partial charge in [-0.25, -0.2) is 4.39 Å². The first-order valence-electron chi connectivity index (χ1n) is 14.5. The van der Waals surface area contributed by atoms with E-state index in [4.69, 9.17) is 0 Å². The molecule has 0 bridgehead atoms. The van der Waals surface area contributed by atoms with Crippen LogP contribution in [0, 0.1) is 5.82 Å². The molecule has 0 atom stereocenters. The van der Waals surface area contributed by atoms with Crippen molar-refractivity contribution in [3.63, 3.8) is 0 Å². The molecule has 1 aliphatic carbocycles. The first kappa shape index (κ1) is 28.6. The summed E-state index contributed by atoms with van der Waals surface area (Å²) in [7, 11) is 0. The van der Waals surface area contributed by atoms with E-state index in [1.807, 2.05) is 48.4 Å². The molecule has 2 aromatic carbocycles. The number of carbonyl (C=O) groups excluding carboxylic acids is 2. The van der Waals surface area contributed by atoms with Crippen molar-refractivity contribution in [2.75, 3.05) is 13.1 Å². The van der Waals surface area contributed by atoms with Crippen LogP contribution in [0.1, 0.15) is 86.0 Å². The first-order valence-corrected chi connectivity index (χ1v) is 14.5. The van der Waals surface area contributed by atoms with Crippen LogP contribution in [0.5, 0.6) is 0 Å². The Morgan fingerprint density at radius 2 is 1.62 bits per heavy atom. The molecule has 1 saturated carbocycles. The Labute approximate surface area is 232 Å². The molecule has 0 spiro atoms. The van der Waals surface area contributed by atoms with Gasteiger partial charge in [0.1, 0.15) is 12.4 Å². The summed E-state index contributed by atoms with van der Waals surface area (Å²) in [6.07, 6.45) is 10.7. The summed E-state index contributed by atoms with van der Waals surface area (Å²) in [6, 6.07) is 18.6. The number of carbonyl (C=O) groups is 2. The van der Waals surface area contributed by atoms with E-state index < -0.39 is 0 Å². The third-order valence-corrected chi connectivity index (χ3v) is 7.87. The normalized spacial score (nSPS) is 13.8. The van der Waals surface area contributed by atoms with Crippen LogP contribution in [0.2, 0.25) is 0 Å². The van der Waals surface area contributed by atoms with Crippen LogP contribution in [0.25, 0.3) is 0 Å². The molecule has 5 nitrogen and oxygen atoms in total. The standard InChI is InChI=1S/C33H42FN3O2/c1-3-5-10-26-14-18-28(19-15-26)33(39)35(4-2)25-32(38)37(30-11-7-6-8-12-30)24-31-13-9-22-36(31)23-27-16-20-29(34)21-17-27/h9,13-22,30H,3-8,10-12,23-25H2,1-2H3. The van der Waals surface area contributed by atoms with Crippen LogP contribution in [-0.2, 0) is 24.3 Å². The topological polar surface area (TPSA) is 45.6 Å². The number of rotatable bonds is 12. The maximum absolute atomic E-state index is 13.8. The highest BCUT2D eigenvalue weighted by atomic mass is 19.1. The van der Waals surface area contributed by atoms with Gasteiger partial charge >= 0.3 is 0 Å². The zero-order chi connectivity index (χ0) is 27.6. The van der Waals surface area contributed by atoms with E-state index in [0.717, 1.165) is 56.2 Å². The largest absolute Gasteiger partial charge is 0.345 e. The highest BCUT2D eigenvalue weighted by Gasteiger charge is 2.28. The van der Waals surface area contributed by atoms with Crippen molar-refractivity contribution in [2.45, 2.75) is 84.3 Å². The van der Waals surface area contributed by atoms with Crippen LogP contribution in [0.4, 0.5) is 4.39 Å². The number of benzene rings is 2. The second kappa shape index (κ2) is 14.1. The average Bonchev–Trinajstić information content (AvgIpc) is 3.41. The third kappa shape index (κ3) is 7.81. The SMILES string of the molecule is CCCCc1ccc(C(=O)N(CC)CC(=O)N(Cc2cccn2Cc2ccc(F)cc2)C2CCCCC2)cc1. The summed E-state index contributed by atoms with van der Waals surface area (Å²) in [5.74, 6) is -0.356. The van der Waals surface area contributed by atoms with Crippen molar-refractivity contribution in [3.8, 4) is 0 Å². The van der Waals surface area contributed by atoms with Gasteiger partial charge in [0.2, 0.25) is 5.91 Å². The van der Waals surface area contributed by atoms with Gasteiger partial charge in [-0.15, -0.1) is 0 Å². The molecule has 0 saturated heterocycles. The van der Waals surface area contributed by atoms with Crippen molar-refractivity contribution in [3.05, 3.63) is 95.1 Å². The lowest BCUT2D eigenvalue weighted by atomic mass is 9.94. The molecule has 1 aliphatic rings. The van der Waals surface area contributed by atoms with Gasteiger partial charge in [-0.3, -0.25) is 9.59 Å². The second-order valence-corrected chi connectivity index (χ2v) is 10.7. The lowest BCUT2D eigenvalue weighted by Crippen LogP contribution is -2.47. The molecule has 0 radical (unpaired) electrons. The summed E-state index contributed by atoms with van der Waals surface area (Å²) in [5, 5.41) is 0. The van der Waals surface area contributed by atoms with Crippen LogP contribution in [0.3, 0.4) is 0 Å². The van der Waals surface area contributed by atoms with Gasteiger partial charge in [0, 0.05) is 36.6 Å². The highest BCUT2D eigenvalue weighted by Crippen LogP contribution is 2.25. The summed E-state index contributed by atoms with van der Waals surface area (Å²) in [4.78, 5) is 30.9. The smallest absolute Gasteiger partial charge is 0.254 e. The summed E-state index contributed by atoms with van der Waals surface area (Å²) < 4.78 is 15.5. The molecule has 1 fully saturated rings. The Kier molecular flexibility index (Phi) is 10.3. The molecular formula is C33H42FN3O2. The molecule has 208 valence electrons. The van der Waals surface area contributed by atoms with Crippen LogP contribution < -0.4 is 0 Å². The van der Waals surface area contributed by atoms with Gasteiger partial charge in [0.05, 0.1) is 6.54 Å². The summed E-state index contributed by atoms with van der Waals surface area (Å²) in [5.41, 5.74) is 3.91. The Hall–Kier alpha value is -3.41. The van der Waals surface area contributed by atoms with Crippen LogP contribution in [0.15, 0.2) is 66.9 Å². The predicted molar refractivity (Wildman–Crippen MR) is 154 cm³/mol. The fourth-order valence-electron chi connectivity index (χ4n) is 5.48. The van der Waals surface area contributed by atoms with Crippen molar-refractivity contribution >= 4 is 11.8 Å². The lowest BCUT2D eigenvalue weighted by molar-refractivity contribution is -0.135. The minimum atomic E-state index is -0.247. The number of hydrogen-bond donors (Lipinski definition) is 0. The number of nitrogens with zero attached hydrogens (tertiary/aromatic N) is 3. The average molecular weight is 532 g/mol. The van der Waals surface area contributed by atoms with Crippen molar-refractivity contribution in [2.24, 2.45) is 0 Å². The zero-order valence-corrected chi connectivity index (χ0v) is 23.4. The van der Waals surface area contributed by atoms with Crippen molar-refractivity contribution in [1.82, 2.24) is 14.4 Å². The number of amides is 2. The van der Waals surface area contributed by atoms with Gasteiger partial charge in [-0.2, -0.15) is 0 Å². The molecule has 1 heterocycles. The third-order valence-electron chi connectivity index (χ3n) is 7.87. The van der Waals surface area contributed by atoms with Gasteiger partial charge in [-0.1, -0.05) is 56.9 Å². The number of aryl methyl sites for hydroxylation is 1. The zero-order valence-electron chi connectivity index (χ0n) is 23.4. The minimum Gasteiger partial charge on any atom is -0.345 e. The van der Waals surface area contributed by atoms with E-state index in [0.29, 0.717) is 25.2 Å². The van der Waals surface area contributed by atoms with Gasteiger partial charge in [0.15, 0.2) is 0 Å². The molecule has 39 heavy (non-hydrogen) atoms. The minimum absolute atomic E-state index is 0.00815. The Morgan fingerprint density at radius 3 is 2.28 bits per heavy atom. The number of unbranched alkanes of at least 4 members (excludes halogenated alkanes) is 1. The van der Waals surface area contributed by atoms with Crippen LogP contribution >= 0.6 is 0 Å². The molecular weight excluding hydrogens is 489 g/mol. The molecule has 6 heteroatoms. The summed E-state index contributed by atoms with van der Waals surface area (Å²) >= 11 is 0. The molecule has 3 aromatic rings. The van der Waals surface area contributed by atoms with Crippen molar-refractivity contribution < 1.29 is 14.0 Å². The predicted octanol–water partition coefficient (Wildman–Crippen LogP) is 6.84. The highest BCUT2D eigenvalue weighted by molar-refractivity contribution is 5.96. The molecule has 0 aliphatic heterocycles. The number of hydrogen-bond acceptors (Lipinski definition) is 2. The van der Waals surface area contributed by atoms with Gasteiger partial charge < -0.3 is 14.4 Å². The molecule has 0 N–H and O–H groups in total. The maximum atomic E-state index is 13.8. The van der Waals surface area contributed by atoms with E-state index in [1.165, 1.54) is 24.1 Å².